The van der Waals surface area contributed by atoms with Crippen LogP contribution in [0.2, 0.25) is 0 Å². The summed E-state index contributed by atoms with van der Waals surface area (Å²) >= 11 is 1.91. The molecular weight excluding hydrogens is 368 g/mol. The quantitative estimate of drug-likeness (QED) is 0.700. The van der Waals surface area contributed by atoms with E-state index in [0.717, 1.165) is 63.5 Å². The molecule has 2 aliphatic rings. The summed E-state index contributed by atoms with van der Waals surface area (Å²) in [5.41, 5.74) is 1.52. The highest BCUT2D eigenvalue weighted by Gasteiger charge is 2.26. The van der Waals surface area contributed by atoms with Crippen LogP contribution in [-0.4, -0.2) is 47.0 Å². The molecule has 0 spiro atoms. The zero-order chi connectivity index (χ0) is 19.5. The van der Waals surface area contributed by atoms with Gasteiger partial charge in [0.1, 0.15) is 16.5 Å². The molecule has 0 bridgehead atoms. The van der Waals surface area contributed by atoms with E-state index < -0.39 is 0 Å². The Morgan fingerprint density at radius 1 is 1.04 bits per heavy atom. The van der Waals surface area contributed by atoms with Crippen molar-refractivity contribution in [2.45, 2.75) is 71.6 Å². The van der Waals surface area contributed by atoms with Gasteiger partial charge in [-0.2, -0.15) is 0 Å². The number of carbonyl (C=O) groups excluding carboxylic acids is 1. The number of aryl methyl sites for hydroxylation is 3. The summed E-state index contributed by atoms with van der Waals surface area (Å²) in [4.78, 5) is 29.3. The van der Waals surface area contributed by atoms with Crippen molar-refractivity contribution in [1.82, 2.24) is 14.9 Å². The molecule has 5 nitrogen and oxygen atoms in total. The third-order valence-electron chi connectivity index (χ3n) is 6.08. The molecule has 1 amide bonds. The Morgan fingerprint density at radius 2 is 1.82 bits per heavy atom. The molecule has 0 N–H and O–H groups in total. The molecule has 0 aromatic carbocycles. The van der Waals surface area contributed by atoms with Gasteiger partial charge in [0.15, 0.2) is 0 Å². The fraction of sp³-hybridized carbons (Fsp3) is 0.682. The highest BCUT2D eigenvalue weighted by Crippen LogP contribution is 2.39. The van der Waals surface area contributed by atoms with Crippen LogP contribution < -0.4 is 4.90 Å². The van der Waals surface area contributed by atoms with E-state index >= 15 is 0 Å². The number of rotatable bonds is 5. The van der Waals surface area contributed by atoms with Crippen LogP contribution in [0.3, 0.4) is 0 Å². The van der Waals surface area contributed by atoms with Crippen molar-refractivity contribution in [3.63, 3.8) is 0 Å². The van der Waals surface area contributed by atoms with Gasteiger partial charge in [0, 0.05) is 43.9 Å². The second-order valence-electron chi connectivity index (χ2n) is 8.03. The maximum atomic E-state index is 12.1. The highest BCUT2D eigenvalue weighted by atomic mass is 32.1. The summed E-state index contributed by atoms with van der Waals surface area (Å²) in [6, 6.07) is 0. The first-order valence-corrected chi connectivity index (χ1v) is 11.9. The Kier molecular flexibility index (Phi) is 6.14. The predicted octanol–water partition coefficient (Wildman–Crippen LogP) is 4.36. The second-order valence-corrected chi connectivity index (χ2v) is 9.12. The zero-order valence-electron chi connectivity index (χ0n) is 17.3. The number of hydrogen-bond acceptors (Lipinski definition) is 5. The first-order valence-electron chi connectivity index (χ1n) is 11.0. The van der Waals surface area contributed by atoms with Gasteiger partial charge in [0.05, 0.1) is 5.39 Å². The van der Waals surface area contributed by atoms with Gasteiger partial charge in [0.25, 0.3) is 0 Å². The molecule has 2 aromatic rings. The Hall–Kier alpha value is -1.69. The third-order valence-corrected chi connectivity index (χ3v) is 7.27. The predicted molar refractivity (Wildman–Crippen MR) is 116 cm³/mol. The Morgan fingerprint density at radius 3 is 2.57 bits per heavy atom. The van der Waals surface area contributed by atoms with Crippen LogP contribution in [0, 0.1) is 0 Å². The van der Waals surface area contributed by atoms with Crippen molar-refractivity contribution in [2.75, 3.05) is 31.1 Å². The van der Waals surface area contributed by atoms with E-state index in [2.05, 4.69) is 11.8 Å². The third kappa shape index (κ3) is 3.88. The molecule has 1 saturated heterocycles. The monoisotopic (exact) mass is 400 g/mol. The molecule has 3 heterocycles. The summed E-state index contributed by atoms with van der Waals surface area (Å²) in [7, 11) is 0. The average Bonchev–Trinajstić information content (AvgIpc) is 2.92. The number of carbonyl (C=O) groups is 1. The molecule has 6 heteroatoms. The van der Waals surface area contributed by atoms with Gasteiger partial charge in [-0.15, -0.1) is 11.3 Å². The number of unbranched alkanes of at least 4 members (excludes halogenated alkanes) is 1. The van der Waals surface area contributed by atoms with Crippen LogP contribution in [0.4, 0.5) is 5.82 Å². The largest absolute Gasteiger partial charge is 0.352 e. The van der Waals surface area contributed by atoms with Gasteiger partial charge in [0.2, 0.25) is 5.91 Å². The number of anilines is 1. The van der Waals surface area contributed by atoms with Crippen LogP contribution in [0.1, 0.15) is 68.6 Å². The lowest BCUT2D eigenvalue weighted by Crippen LogP contribution is -2.49. The number of hydrogen-bond donors (Lipinski definition) is 0. The van der Waals surface area contributed by atoms with Crippen LogP contribution >= 0.6 is 11.3 Å². The molecule has 1 aliphatic heterocycles. The van der Waals surface area contributed by atoms with E-state index in [9.17, 15) is 4.79 Å². The van der Waals surface area contributed by atoms with Crippen LogP contribution in [-0.2, 0) is 24.1 Å². The normalized spacial score (nSPS) is 17.6. The van der Waals surface area contributed by atoms with Crippen molar-refractivity contribution in [2.24, 2.45) is 0 Å². The lowest BCUT2D eigenvalue weighted by atomic mass is 10.1. The number of thiophene rings is 1. The number of piperazine rings is 1. The van der Waals surface area contributed by atoms with Gasteiger partial charge >= 0.3 is 0 Å². The maximum Gasteiger partial charge on any atom is 0.222 e. The van der Waals surface area contributed by atoms with Gasteiger partial charge in [-0.3, -0.25) is 4.79 Å². The summed E-state index contributed by atoms with van der Waals surface area (Å²) < 4.78 is 0. The molecule has 1 aliphatic carbocycles. The Labute approximate surface area is 172 Å². The topological polar surface area (TPSA) is 49.3 Å². The Balaban J connectivity index is 1.70. The van der Waals surface area contributed by atoms with Crippen molar-refractivity contribution in [3.8, 4) is 0 Å². The summed E-state index contributed by atoms with van der Waals surface area (Å²) in [6.45, 7) is 7.51. The summed E-state index contributed by atoms with van der Waals surface area (Å²) in [5.74, 6) is 2.40. The molecule has 1 fully saturated rings. The van der Waals surface area contributed by atoms with E-state index in [1.54, 1.807) is 0 Å². The average molecular weight is 401 g/mol. The van der Waals surface area contributed by atoms with Crippen LogP contribution in [0.5, 0.6) is 0 Å². The molecule has 0 saturated carbocycles. The fourth-order valence-corrected chi connectivity index (χ4v) is 5.70. The van der Waals surface area contributed by atoms with Gasteiger partial charge in [-0.25, -0.2) is 9.97 Å². The van der Waals surface area contributed by atoms with Crippen molar-refractivity contribution in [1.29, 1.82) is 0 Å². The maximum absolute atomic E-state index is 12.1. The van der Waals surface area contributed by atoms with E-state index in [-0.39, 0.29) is 5.91 Å². The number of fused-ring (bicyclic) bond motifs is 3. The van der Waals surface area contributed by atoms with Crippen molar-refractivity contribution in [3.05, 3.63) is 16.3 Å². The van der Waals surface area contributed by atoms with Crippen LogP contribution in [0.25, 0.3) is 10.2 Å². The van der Waals surface area contributed by atoms with Gasteiger partial charge in [-0.1, -0.05) is 26.7 Å². The number of aromatic nitrogens is 2. The van der Waals surface area contributed by atoms with E-state index in [1.807, 2.05) is 23.2 Å². The lowest BCUT2D eigenvalue weighted by molar-refractivity contribution is -0.131. The SMILES string of the molecule is CCCCc1nc(N2CCN(C(=O)CC)CC2)c2c3c(sc2n1)CCCCC3. The van der Waals surface area contributed by atoms with E-state index in [4.69, 9.17) is 9.97 Å². The molecule has 28 heavy (non-hydrogen) atoms. The molecular formula is C22H32N4OS. The number of amides is 1. The minimum Gasteiger partial charge on any atom is -0.352 e. The van der Waals surface area contributed by atoms with Gasteiger partial charge in [-0.05, 0) is 37.7 Å². The fourth-order valence-electron chi connectivity index (χ4n) is 4.42. The highest BCUT2D eigenvalue weighted by molar-refractivity contribution is 7.19. The van der Waals surface area contributed by atoms with E-state index in [0.29, 0.717) is 6.42 Å². The van der Waals surface area contributed by atoms with Crippen LogP contribution in [0.15, 0.2) is 0 Å². The lowest BCUT2D eigenvalue weighted by Gasteiger charge is -2.35. The second kappa shape index (κ2) is 8.76. The summed E-state index contributed by atoms with van der Waals surface area (Å²) in [5, 5.41) is 1.32. The molecule has 2 aromatic heterocycles. The molecule has 152 valence electrons. The molecule has 0 atom stereocenters. The minimum absolute atomic E-state index is 0.264. The van der Waals surface area contributed by atoms with Crippen molar-refractivity contribution >= 4 is 33.3 Å². The Bertz CT molecular complexity index is 839. The smallest absolute Gasteiger partial charge is 0.222 e. The zero-order valence-corrected chi connectivity index (χ0v) is 18.1. The van der Waals surface area contributed by atoms with E-state index in [1.165, 1.54) is 46.3 Å². The first kappa shape index (κ1) is 19.6. The molecule has 4 rings (SSSR count). The number of nitrogens with zero attached hydrogens (tertiary/aromatic N) is 4. The van der Waals surface area contributed by atoms with Crippen molar-refractivity contribution < 1.29 is 4.79 Å². The minimum atomic E-state index is 0.264. The first-order chi connectivity index (χ1) is 13.7. The summed E-state index contributed by atoms with van der Waals surface area (Å²) in [6.07, 6.45) is 10.1. The molecule has 0 unspecified atom stereocenters. The standard InChI is InChI=1S/C22H32N4OS/c1-3-5-11-18-23-21(26-14-12-25(13-15-26)19(27)4-2)20-16-9-7-6-8-10-17(16)28-22(20)24-18/h3-15H2,1-2H3. The van der Waals surface area contributed by atoms with Gasteiger partial charge < -0.3 is 9.80 Å². The molecule has 0 radical (unpaired) electrons.